The zero-order valence-electron chi connectivity index (χ0n) is 13.2. The quantitative estimate of drug-likeness (QED) is 0.706. The highest BCUT2D eigenvalue weighted by molar-refractivity contribution is 5.29. The smallest absolute Gasteiger partial charge is 0.142 e. The Morgan fingerprint density at radius 2 is 2.00 bits per heavy atom. The number of pyridine rings is 1. The van der Waals surface area contributed by atoms with E-state index in [1.807, 2.05) is 6.07 Å². The maximum Gasteiger partial charge on any atom is 0.142 e. The second-order valence-electron chi connectivity index (χ2n) is 5.90. The highest BCUT2D eigenvalue weighted by atomic mass is 16.5. The number of hydrogen-bond donors (Lipinski definition) is 1. The van der Waals surface area contributed by atoms with E-state index in [1.54, 1.807) is 12.4 Å². The first-order valence-electron chi connectivity index (χ1n) is 7.41. The standard InChI is InChI=1S/C16H28N2O2/c1-5-6-9-19-10-11-20-15-13-17-8-7-14(15)12-18-16(2,3)4/h7-8,13,18H,5-6,9-12H2,1-4H3. The van der Waals surface area contributed by atoms with Crippen molar-refractivity contribution in [3.8, 4) is 5.75 Å². The van der Waals surface area contributed by atoms with Gasteiger partial charge in [0, 0.05) is 30.5 Å². The Morgan fingerprint density at radius 3 is 2.70 bits per heavy atom. The third kappa shape index (κ3) is 7.46. The minimum Gasteiger partial charge on any atom is -0.489 e. The summed E-state index contributed by atoms with van der Waals surface area (Å²) in [7, 11) is 0. The highest BCUT2D eigenvalue weighted by Crippen LogP contribution is 2.17. The number of unbranched alkanes of at least 4 members (excludes halogenated alkanes) is 1. The fourth-order valence-electron chi connectivity index (χ4n) is 1.60. The Hall–Kier alpha value is -1.13. The number of nitrogens with one attached hydrogen (secondary N) is 1. The zero-order chi connectivity index (χ0) is 14.8. The predicted octanol–water partition coefficient (Wildman–Crippen LogP) is 3.17. The van der Waals surface area contributed by atoms with Gasteiger partial charge in [-0.15, -0.1) is 0 Å². The first kappa shape index (κ1) is 16.9. The summed E-state index contributed by atoms with van der Waals surface area (Å²) in [5.74, 6) is 0.836. The summed E-state index contributed by atoms with van der Waals surface area (Å²) < 4.78 is 11.2. The van der Waals surface area contributed by atoms with Gasteiger partial charge in [0.05, 0.1) is 12.8 Å². The molecule has 0 amide bonds. The summed E-state index contributed by atoms with van der Waals surface area (Å²) in [4.78, 5) is 4.12. The van der Waals surface area contributed by atoms with Crippen LogP contribution in [0.5, 0.6) is 5.75 Å². The topological polar surface area (TPSA) is 43.4 Å². The van der Waals surface area contributed by atoms with E-state index in [4.69, 9.17) is 9.47 Å². The van der Waals surface area contributed by atoms with Crippen molar-refractivity contribution in [1.29, 1.82) is 0 Å². The molecule has 0 aliphatic rings. The van der Waals surface area contributed by atoms with Crippen LogP contribution in [0.2, 0.25) is 0 Å². The van der Waals surface area contributed by atoms with E-state index < -0.39 is 0 Å². The largest absolute Gasteiger partial charge is 0.489 e. The van der Waals surface area contributed by atoms with Crippen LogP contribution in [0.4, 0.5) is 0 Å². The Kier molecular flexibility index (Phi) is 7.55. The number of ether oxygens (including phenoxy) is 2. The Morgan fingerprint density at radius 1 is 1.20 bits per heavy atom. The maximum atomic E-state index is 5.76. The summed E-state index contributed by atoms with van der Waals surface area (Å²) in [6.07, 6.45) is 5.83. The molecular formula is C16H28N2O2. The van der Waals surface area contributed by atoms with Gasteiger partial charge in [0.1, 0.15) is 12.4 Å². The molecule has 0 saturated carbocycles. The zero-order valence-corrected chi connectivity index (χ0v) is 13.2. The van der Waals surface area contributed by atoms with Crippen molar-refractivity contribution in [1.82, 2.24) is 10.3 Å². The lowest BCUT2D eigenvalue weighted by Gasteiger charge is -2.21. The molecule has 0 atom stereocenters. The van der Waals surface area contributed by atoms with Crippen molar-refractivity contribution in [2.24, 2.45) is 0 Å². The van der Waals surface area contributed by atoms with Gasteiger partial charge in [0.2, 0.25) is 0 Å². The van der Waals surface area contributed by atoms with E-state index in [0.717, 1.165) is 37.3 Å². The molecule has 4 heteroatoms. The van der Waals surface area contributed by atoms with Gasteiger partial charge in [0.25, 0.3) is 0 Å². The molecule has 0 aliphatic carbocycles. The van der Waals surface area contributed by atoms with Crippen LogP contribution in [0.15, 0.2) is 18.5 Å². The van der Waals surface area contributed by atoms with E-state index in [2.05, 4.69) is 38.0 Å². The highest BCUT2D eigenvalue weighted by Gasteiger charge is 2.10. The molecular weight excluding hydrogens is 252 g/mol. The van der Waals surface area contributed by atoms with Crippen LogP contribution in [0, 0.1) is 0 Å². The summed E-state index contributed by atoms with van der Waals surface area (Å²) in [5.41, 5.74) is 1.22. The first-order chi connectivity index (χ1) is 9.53. The second-order valence-corrected chi connectivity index (χ2v) is 5.90. The van der Waals surface area contributed by atoms with Crippen molar-refractivity contribution in [3.05, 3.63) is 24.0 Å². The van der Waals surface area contributed by atoms with Crippen molar-refractivity contribution in [2.45, 2.75) is 52.6 Å². The average Bonchev–Trinajstić information content (AvgIpc) is 2.40. The van der Waals surface area contributed by atoms with Crippen LogP contribution < -0.4 is 10.1 Å². The molecule has 1 aromatic rings. The lowest BCUT2D eigenvalue weighted by atomic mass is 10.1. The molecule has 1 N–H and O–H groups in total. The van der Waals surface area contributed by atoms with Crippen LogP contribution in [0.1, 0.15) is 46.1 Å². The van der Waals surface area contributed by atoms with Gasteiger partial charge in [-0.1, -0.05) is 13.3 Å². The summed E-state index contributed by atoms with van der Waals surface area (Å²) in [6, 6.07) is 1.99. The molecule has 114 valence electrons. The third-order valence-corrected chi connectivity index (χ3v) is 2.81. The lowest BCUT2D eigenvalue weighted by Crippen LogP contribution is -2.35. The van der Waals surface area contributed by atoms with E-state index in [1.165, 1.54) is 0 Å². The monoisotopic (exact) mass is 280 g/mol. The minimum atomic E-state index is 0.0871. The Balaban J connectivity index is 2.37. The third-order valence-electron chi connectivity index (χ3n) is 2.81. The van der Waals surface area contributed by atoms with E-state index in [0.29, 0.717) is 13.2 Å². The average molecular weight is 280 g/mol. The first-order valence-corrected chi connectivity index (χ1v) is 7.41. The molecule has 0 fully saturated rings. The van der Waals surface area contributed by atoms with Crippen molar-refractivity contribution >= 4 is 0 Å². The van der Waals surface area contributed by atoms with Crippen LogP contribution in [-0.2, 0) is 11.3 Å². The molecule has 0 radical (unpaired) electrons. The van der Waals surface area contributed by atoms with E-state index in [-0.39, 0.29) is 5.54 Å². The molecule has 1 rings (SSSR count). The summed E-state index contributed by atoms with van der Waals surface area (Å²) >= 11 is 0. The van der Waals surface area contributed by atoms with Gasteiger partial charge in [-0.25, -0.2) is 0 Å². The van der Waals surface area contributed by atoms with E-state index >= 15 is 0 Å². The second kappa shape index (κ2) is 8.93. The molecule has 0 aromatic carbocycles. The predicted molar refractivity (Wildman–Crippen MR) is 82.1 cm³/mol. The van der Waals surface area contributed by atoms with E-state index in [9.17, 15) is 0 Å². The van der Waals surface area contributed by atoms with Crippen molar-refractivity contribution in [3.63, 3.8) is 0 Å². The van der Waals surface area contributed by atoms with Gasteiger partial charge >= 0.3 is 0 Å². The summed E-state index contributed by atoms with van der Waals surface area (Å²) in [5, 5.41) is 3.46. The maximum absolute atomic E-state index is 5.76. The number of aromatic nitrogens is 1. The molecule has 4 nitrogen and oxygen atoms in total. The number of hydrogen-bond acceptors (Lipinski definition) is 4. The number of rotatable bonds is 9. The molecule has 20 heavy (non-hydrogen) atoms. The Bertz CT molecular complexity index is 375. The fourth-order valence-corrected chi connectivity index (χ4v) is 1.60. The van der Waals surface area contributed by atoms with Gasteiger partial charge in [-0.2, -0.15) is 0 Å². The number of nitrogens with zero attached hydrogens (tertiary/aromatic N) is 1. The molecule has 0 spiro atoms. The van der Waals surface area contributed by atoms with Gasteiger partial charge in [-0.05, 0) is 33.3 Å². The van der Waals surface area contributed by atoms with Gasteiger partial charge < -0.3 is 14.8 Å². The molecule has 0 aliphatic heterocycles. The van der Waals surface area contributed by atoms with Crippen LogP contribution in [0.25, 0.3) is 0 Å². The summed E-state index contributed by atoms with van der Waals surface area (Å²) in [6.45, 7) is 11.4. The molecule has 0 unspecified atom stereocenters. The molecule has 0 saturated heterocycles. The van der Waals surface area contributed by atoms with Crippen molar-refractivity contribution in [2.75, 3.05) is 19.8 Å². The van der Waals surface area contributed by atoms with Crippen LogP contribution in [-0.4, -0.2) is 30.3 Å². The van der Waals surface area contributed by atoms with Crippen LogP contribution in [0.3, 0.4) is 0 Å². The SMILES string of the molecule is CCCCOCCOc1cnccc1CNC(C)(C)C. The fraction of sp³-hybridized carbons (Fsp3) is 0.688. The molecule has 0 bridgehead atoms. The van der Waals surface area contributed by atoms with Crippen molar-refractivity contribution < 1.29 is 9.47 Å². The molecule has 1 aromatic heterocycles. The Labute approximate surface area is 122 Å². The lowest BCUT2D eigenvalue weighted by molar-refractivity contribution is 0.0975. The normalized spacial score (nSPS) is 11.6. The minimum absolute atomic E-state index is 0.0871. The van der Waals surface area contributed by atoms with Gasteiger partial charge in [-0.3, -0.25) is 4.98 Å². The van der Waals surface area contributed by atoms with Gasteiger partial charge in [0.15, 0.2) is 0 Å². The molecule has 1 heterocycles. The van der Waals surface area contributed by atoms with Crippen LogP contribution >= 0.6 is 0 Å².